The van der Waals surface area contributed by atoms with E-state index in [1.807, 2.05) is 0 Å². The van der Waals surface area contributed by atoms with Crippen LogP contribution in [0.4, 0.5) is 0 Å². The second-order valence-electron chi connectivity index (χ2n) is 3.17. The van der Waals surface area contributed by atoms with Crippen LogP contribution in [0.2, 0.25) is 0 Å². The lowest BCUT2D eigenvalue weighted by Crippen LogP contribution is -2.58. The molecule has 52 valence electrons. The van der Waals surface area contributed by atoms with Crippen LogP contribution in [0, 0.1) is 16.7 Å². The first-order valence-corrected chi connectivity index (χ1v) is 3.07. The van der Waals surface area contributed by atoms with Crippen LogP contribution >= 0.6 is 12.4 Å². The highest BCUT2D eigenvalue weighted by atomic mass is 35.5. The fourth-order valence-electron chi connectivity index (χ4n) is 1.81. The molecule has 2 nitrogen and oxygen atoms in total. The summed E-state index contributed by atoms with van der Waals surface area (Å²) >= 11 is 0. The molecular formula is C6H11ClN2. The van der Waals surface area contributed by atoms with Gasteiger partial charge in [0.2, 0.25) is 0 Å². The van der Waals surface area contributed by atoms with Crippen molar-refractivity contribution in [2.24, 2.45) is 17.1 Å². The Balaban J connectivity index is 0.000000405. The van der Waals surface area contributed by atoms with Crippen LogP contribution in [0.1, 0.15) is 19.3 Å². The second kappa shape index (κ2) is 1.63. The van der Waals surface area contributed by atoms with E-state index in [2.05, 4.69) is 0 Å². The lowest BCUT2D eigenvalue weighted by atomic mass is 9.44. The van der Waals surface area contributed by atoms with Crippen molar-refractivity contribution in [1.82, 2.24) is 0 Å². The predicted molar refractivity (Wildman–Crippen MR) is 38.9 cm³/mol. The SMILES string of the molecule is Cl.N=C(N)C12CC(C1)C2. The molecule has 3 saturated carbocycles. The van der Waals surface area contributed by atoms with Crippen LogP contribution in [-0.2, 0) is 0 Å². The number of hydrogen-bond acceptors (Lipinski definition) is 1. The van der Waals surface area contributed by atoms with Gasteiger partial charge in [0, 0.05) is 5.41 Å². The molecule has 0 saturated heterocycles. The molecule has 0 spiro atoms. The maximum Gasteiger partial charge on any atom is 0.0968 e. The Hall–Kier alpha value is -0.240. The number of nitrogens with one attached hydrogen (secondary N) is 1. The van der Waals surface area contributed by atoms with Crippen molar-refractivity contribution in [2.45, 2.75) is 19.3 Å². The van der Waals surface area contributed by atoms with E-state index in [0.717, 1.165) is 5.92 Å². The lowest BCUT2D eigenvalue weighted by Gasteiger charge is -2.60. The van der Waals surface area contributed by atoms with Crippen molar-refractivity contribution >= 4 is 18.2 Å². The van der Waals surface area contributed by atoms with Gasteiger partial charge < -0.3 is 5.73 Å². The maximum atomic E-state index is 7.16. The molecule has 3 N–H and O–H groups in total. The van der Waals surface area contributed by atoms with Crippen molar-refractivity contribution in [2.75, 3.05) is 0 Å². The lowest BCUT2D eigenvalue weighted by molar-refractivity contribution is -0.0422. The van der Waals surface area contributed by atoms with E-state index in [-0.39, 0.29) is 17.8 Å². The molecule has 3 rings (SSSR count). The van der Waals surface area contributed by atoms with E-state index in [1.165, 1.54) is 19.3 Å². The Kier molecular flexibility index (Phi) is 1.24. The van der Waals surface area contributed by atoms with Gasteiger partial charge in [-0.25, -0.2) is 0 Å². The third kappa shape index (κ3) is 0.597. The quantitative estimate of drug-likeness (QED) is 0.423. The third-order valence-electron chi connectivity index (χ3n) is 2.61. The maximum absolute atomic E-state index is 7.16. The van der Waals surface area contributed by atoms with Crippen molar-refractivity contribution in [3.8, 4) is 0 Å². The van der Waals surface area contributed by atoms with Gasteiger partial charge in [0.15, 0.2) is 0 Å². The van der Waals surface area contributed by atoms with Gasteiger partial charge in [0.25, 0.3) is 0 Å². The monoisotopic (exact) mass is 146 g/mol. The molecule has 2 bridgehead atoms. The highest BCUT2D eigenvalue weighted by Gasteiger charge is 2.58. The Labute approximate surface area is 60.7 Å². The fraction of sp³-hybridized carbons (Fsp3) is 0.833. The van der Waals surface area contributed by atoms with Crippen molar-refractivity contribution < 1.29 is 0 Å². The molecule has 3 fully saturated rings. The molecule has 0 heterocycles. The average molecular weight is 147 g/mol. The molecule has 0 aromatic carbocycles. The van der Waals surface area contributed by atoms with Gasteiger partial charge >= 0.3 is 0 Å². The van der Waals surface area contributed by atoms with E-state index < -0.39 is 0 Å². The van der Waals surface area contributed by atoms with E-state index >= 15 is 0 Å². The first-order valence-electron chi connectivity index (χ1n) is 3.07. The van der Waals surface area contributed by atoms with Crippen LogP contribution in [-0.4, -0.2) is 5.84 Å². The summed E-state index contributed by atoms with van der Waals surface area (Å²) in [6.07, 6.45) is 3.63. The van der Waals surface area contributed by atoms with Crippen LogP contribution in [0.5, 0.6) is 0 Å². The van der Waals surface area contributed by atoms with Gasteiger partial charge in [0.1, 0.15) is 0 Å². The van der Waals surface area contributed by atoms with Crippen LogP contribution in [0.25, 0.3) is 0 Å². The fourth-order valence-corrected chi connectivity index (χ4v) is 1.81. The Morgan fingerprint density at radius 3 is 1.89 bits per heavy atom. The van der Waals surface area contributed by atoms with Crippen LogP contribution < -0.4 is 5.73 Å². The van der Waals surface area contributed by atoms with Gasteiger partial charge in [0.05, 0.1) is 5.84 Å². The van der Waals surface area contributed by atoms with Gasteiger partial charge in [-0.2, -0.15) is 0 Å². The van der Waals surface area contributed by atoms with E-state index in [0.29, 0.717) is 5.84 Å². The average Bonchev–Trinajstić information content (AvgIpc) is 1.16. The second-order valence-corrected chi connectivity index (χ2v) is 3.17. The van der Waals surface area contributed by atoms with Gasteiger partial charge in [-0.3, -0.25) is 5.41 Å². The summed E-state index contributed by atoms with van der Waals surface area (Å²) < 4.78 is 0. The third-order valence-corrected chi connectivity index (χ3v) is 2.61. The Morgan fingerprint density at radius 1 is 1.44 bits per heavy atom. The number of rotatable bonds is 1. The van der Waals surface area contributed by atoms with E-state index in [4.69, 9.17) is 11.1 Å². The highest BCUT2D eigenvalue weighted by Crippen LogP contribution is 2.64. The molecule has 0 amide bonds. The number of halogens is 1. The number of hydrogen-bond donors (Lipinski definition) is 2. The standard InChI is InChI=1S/C6H10N2.ClH/c7-5(8)6-1-4(2-6)3-6;/h4H,1-3H2,(H3,7,8);1H. The Morgan fingerprint density at radius 2 is 1.89 bits per heavy atom. The molecule has 3 heteroatoms. The molecule has 3 aliphatic carbocycles. The minimum atomic E-state index is 0. The van der Waals surface area contributed by atoms with Crippen molar-refractivity contribution in [3.63, 3.8) is 0 Å². The zero-order valence-electron chi connectivity index (χ0n) is 5.18. The van der Waals surface area contributed by atoms with Crippen molar-refractivity contribution in [1.29, 1.82) is 5.41 Å². The van der Waals surface area contributed by atoms with Gasteiger partial charge in [-0.05, 0) is 25.2 Å². The number of nitrogens with two attached hydrogens (primary N) is 1. The minimum absolute atomic E-state index is 0. The molecule has 0 radical (unpaired) electrons. The largest absolute Gasteiger partial charge is 0.387 e. The summed E-state index contributed by atoms with van der Waals surface area (Å²) in [5.74, 6) is 1.37. The summed E-state index contributed by atoms with van der Waals surface area (Å²) in [6, 6.07) is 0. The topological polar surface area (TPSA) is 49.9 Å². The summed E-state index contributed by atoms with van der Waals surface area (Å²) in [5.41, 5.74) is 5.58. The zero-order valence-corrected chi connectivity index (χ0v) is 6.00. The predicted octanol–water partition coefficient (Wildman–Crippen LogP) is 1.14. The van der Waals surface area contributed by atoms with E-state index in [9.17, 15) is 0 Å². The molecule has 0 aromatic rings. The Bertz CT molecular complexity index is 138. The van der Waals surface area contributed by atoms with Crippen LogP contribution in [0.15, 0.2) is 0 Å². The molecule has 3 aliphatic rings. The molecule has 9 heavy (non-hydrogen) atoms. The smallest absolute Gasteiger partial charge is 0.0968 e. The molecule has 0 atom stereocenters. The normalized spacial score (nSPS) is 43.8. The molecule has 0 unspecified atom stereocenters. The summed E-state index contributed by atoms with van der Waals surface area (Å²) in [7, 11) is 0. The minimum Gasteiger partial charge on any atom is -0.387 e. The number of amidine groups is 1. The van der Waals surface area contributed by atoms with Crippen LogP contribution in [0.3, 0.4) is 0 Å². The molecule has 0 aromatic heterocycles. The van der Waals surface area contributed by atoms with E-state index in [1.54, 1.807) is 0 Å². The molecular weight excluding hydrogens is 136 g/mol. The highest BCUT2D eigenvalue weighted by molar-refractivity contribution is 5.86. The molecule has 0 aliphatic heterocycles. The van der Waals surface area contributed by atoms with Gasteiger partial charge in [-0.15, -0.1) is 12.4 Å². The summed E-state index contributed by atoms with van der Waals surface area (Å²) in [6.45, 7) is 0. The zero-order chi connectivity index (χ0) is 5.78. The van der Waals surface area contributed by atoms with Gasteiger partial charge in [-0.1, -0.05) is 0 Å². The first kappa shape index (κ1) is 6.87. The first-order chi connectivity index (χ1) is 3.73. The summed E-state index contributed by atoms with van der Waals surface area (Å²) in [5, 5.41) is 7.16. The summed E-state index contributed by atoms with van der Waals surface area (Å²) in [4.78, 5) is 0. The van der Waals surface area contributed by atoms with Crippen molar-refractivity contribution in [3.05, 3.63) is 0 Å².